The first-order valence-electron chi connectivity index (χ1n) is 7.39. The molecule has 2 aromatic rings. The Labute approximate surface area is 131 Å². The molecule has 0 aliphatic heterocycles. The molecule has 0 bridgehead atoms. The van der Waals surface area contributed by atoms with Crippen LogP contribution < -0.4 is 14.8 Å². The number of nitrogens with one attached hydrogen (secondary N) is 1. The maximum absolute atomic E-state index is 11.6. The Kier molecular flexibility index (Phi) is 5.83. The van der Waals surface area contributed by atoms with Crippen LogP contribution in [0.2, 0.25) is 0 Å². The lowest BCUT2D eigenvalue weighted by Gasteiger charge is -2.09. The summed E-state index contributed by atoms with van der Waals surface area (Å²) in [6.07, 6.45) is 0.993. The van der Waals surface area contributed by atoms with Crippen LogP contribution in [0.3, 0.4) is 0 Å². The zero-order valence-corrected chi connectivity index (χ0v) is 13.0. The highest BCUT2D eigenvalue weighted by atomic mass is 16.5. The maximum Gasteiger partial charge on any atom is 0.251 e. The quantitative estimate of drug-likeness (QED) is 0.852. The molecule has 0 spiro atoms. The number of ether oxygens (including phenoxy) is 2. The highest BCUT2D eigenvalue weighted by Gasteiger charge is 2.04. The molecule has 0 saturated heterocycles. The number of amides is 1. The lowest BCUT2D eigenvalue weighted by atomic mass is 10.2. The molecule has 4 heteroatoms. The van der Waals surface area contributed by atoms with Gasteiger partial charge in [0, 0.05) is 12.6 Å². The van der Waals surface area contributed by atoms with E-state index in [2.05, 4.69) is 12.2 Å². The topological polar surface area (TPSA) is 47.6 Å². The van der Waals surface area contributed by atoms with Crippen molar-refractivity contribution in [3.05, 3.63) is 59.7 Å². The van der Waals surface area contributed by atoms with Crippen molar-refractivity contribution in [2.45, 2.75) is 20.0 Å². The van der Waals surface area contributed by atoms with Crippen molar-refractivity contribution < 1.29 is 14.3 Å². The smallest absolute Gasteiger partial charge is 0.251 e. The van der Waals surface area contributed by atoms with Crippen molar-refractivity contribution in [3.63, 3.8) is 0 Å². The van der Waals surface area contributed by atoms with E-state index in [1.165, 1.54) is 0 Å². The highest BCUT2D eigenvalue weighted by molar-refractivity contribution is 5.94. The number of hydrogen-bond acceptors (Lipinski definition) is 3. The molecule has 22 heavy (non-hydrogen) atoms. The number of hydrogen-bond donors (Lipinski definition) is 1. The predicted octanol–water partition coefficient (Wildman–Crippen LogP) is 3.41. The number of rotatable bonds is 7. The fourth-order valence-corrected chi connectivity index (χ4v) is 1.94. The van der Waals surface area contributed by atoms with E-state index in [1.807, 2.05) is 36.4 Å². The van der Waals surface area contributed by atoms with Crippen LogP contribution in [0.4, 0.5) is 0 Å². The van der Waals surface area contributed by atoms with Crippen LogP contribution >= 0.6 is 0 Å². The number of benzene rings is 2. The van der Waals surface area contributed by atoms with Gasteiger partial charge < -0.3 is 14.8 Å². The fraction of sp³-hybridized carbons (Fsp3) is 0.278. The molecular weight excluding hydrogens is 278 g/mol. The molecule has 1 amide bonds. The molecule has 0 saturated carbocycles. The van der Waals surface area contributed by atoms with Crippen molar-refractivity contribution in [2.24, 2.45) is 0 Å². The van der Waals surface area contributed by atoms with Gasteiger partial charge in [0.25, 0.3) is 5.91 Å². The van der Waals surface area contributed by atoms with Gasteiger partial charge in [-0.15, -0.1) is 0 Å². The van der Waals surface area contributed by atoms with Gasteiger partial charge in [0.2, 0.25) is 0 Å². The molecule has 4 nitrogen and oxygen atoms in total. The molecule has 0 fully saturated rings. The second kappa shape index (κ2) is 8.08. The van der Waals surface area contributed by atoms with Gasteiger partial charge in [0.05, 0.1) is 6.61 Å². The van der Waals surface area contributed by atoms with Gasteiger partial charge in [0.1, 0.15) is 18.1 Å². The first kappa shape index (κ1) is 15.9. The summed E-state index contributed by atoms with van der Waals surface area (Å²) < 4.78 is 11.3. The zero-order valence-electron chi connectivity index (χ0n) is 13.0. The Morgan fingerprint density at radius 3 is 2.50 bits per heavy atom. The van der Waals surface area contributed by atoms with E-state index < -0.39 is 0 Å². The SMILES string of the molecule is CCCOc1ccc(COc2cccc(C(=O)NC)c2)cc1. The predicted molar refractivity (Wildman–Crippen MR) is 86.4 cm³/mol. The Morgan fingerprint density at radius 1 is 1.05 bits per heavy atom. The van der Waals surface area contributed by atoms with Gasteiger partial charge in [-0.1, -0.05) is 25.1 Å². The summed E-state index contributed by atoms with van der Waals surface area (Å²) in [5.41, 5.74) is 1.64. The summed E-state index contributed by atoms with van der Waals surface area (Å²) in [6, 6.07) is 15.0. The van der Waals surface area contributed by atoms with Crippen LogP contribution in [0.15, 0.2) is 48.5 Å². The molecule has 2 aromatic carbocycles. The molecule has 0 unspecified atom stereocenters. The van der Waals surface area contributed by atoms with E-state index in [0.717, 1.165) is 24.3 Å². The summed E-state index contributed by atoms with van der Waals surface area (Å²) in [6.45, 7) is 3.25. The zero-order chi connectivity index (χ0) is 15.8. The van der Waals surface area contributed by atoms with E-state index in [-0.39, 0.29) is 5.91 Å². The Balaban J connectivity index is 1.93. The maximum atomic E-state index is 11.6. The molecule has 0 radical (unpaired) electrons. The lowest BCUT2D eigenvalue weighted by Crippen LogP contribution is -2.17. The van der Waals surface area contributed by atoms with Gasteiger partial charge in [-0.05, 0) is 42.3 Å². The van der Waals surface area contributed by atoms with Crippen molar-refractivity contribution in [1.29, 1.82) is 0 Å². The lowest BCUT2D eigenvalue weighted by molar-refractivity contribution is 0.0962. The van der Waals surface area contributed by atoms with Crippen LogP contribution in [0.25, 0.3) is 0 Å². The minimum absolute atomic E-state index is 0.122. The van der Waals surface area contributed by atoms with Gasteiger partial charge in [-0.3, -0.25) is 4.79 Å². The molecule has 0 aliphatic rings. The van der Waals surface area contributed by atoms with Gasteiger partial charge in [-0.25, -0.2) is 0 Å². The fourth-order valence-electron chi connectivity index (χ4n) is 1.94. The summed E-state index contributed by atoms with van der Waals surface area (Å²) in [7, 11) is 1.61. The molecule has 0 aromatic heterocycles. The third-order valence-electron chi connectivity index (χ3n) is 3.12. The second-order valence-corrected chi connectivity index (χ2v) is 4.89. The molecule has 0 aliphatic carbocycles. The molecule has 2 rings (SSSR count). The van der Waals surface area contributed by atoms with Gasteiger partial charge >= 0.3 is 0 Å². The van der Waals surface area contributed by atoms with Crippen molar-refractivity contribution in [2.75, 3.05) is 13.7 Å². The normalized spacial score (nSPS) is 10.1. The number of carbonyl (C=O) groups is 1. The van der Waals surface area contributed by atoms with E-state index in [9.17, 15) is 4.79 Å². The van der Waals surface area contributed by atoms with Gasteiger partial charge in [-0.2, -0.15) is 0 Å². The second-order valence-electron chi connectivity index (χ2n) is 4.89. The van der Waals surface area contributed by atoms with E-state index in [0.29, 0.717) is 17.9 Å². The molecule has 0 atom stereocenters. The highest BCUT2D eigenvalue weighted by Crippen LogP contribution is 2.17. The number of carbonyl (C=O) groups excluding carboxylic acids is 1. The Bertz CT molecular complexity index is 608. The molecule has 1 N–H and O–H groups in total. The van der Waals surface area contributed by atoms with E-state index in [4.69, 9.17) is 9.47 Å². The molecule has 116 valence electrons. The average molecular weight is 299 g/mol. The summed E-state index contributed by atoms with van der Waals surface area (Å²) in [4.78, 5) is 11.6. The first-order valence-corrected chi connectivity index (χ1v) is 7.39. The van der Waals surface area contributed by atoms with Crippen molar-refractivity contribution >= 4 is 5.91 Å². The van der Waals surface area contributed by atoms with E-state index >= 15 is 0 Å². The van der Waals surface area contributed by atoms with Crippen LogP contribution in [-0.4, -0.2) is 19.6 Å². The third kappa shape index (κ3) is 4.52. The molecule has 0 heterocycles. The minimum atomic E-state index is -0.122. The largest absolute Gasteiger partial charge is 0.494 e. The summed E-state index contributed by atoms with van der Waals surface area (Å²) >= 11 is 0. The van der Waals surface area contributed by atoms with E-state index in [1.54, 1.807) is 19.2 Å². The van der Waals surface area contributed by atoms with Crippen LogP contribution in [0.1, 0.15) is 29.3 Å². The van der Waals surface area contributed by atoms with Crippen LogP contribution in [-0.2, 0) is 6.61 Å². The van der Waals surface area contributed by atoms with Crippen LogP contribution in [0, 0.1) is 0 Å². The molecular formula is C18H21NO3. The average Bonchev–Trinajstić information content (AvgIpc) is 2.58. The van der Waals surface area contributed by atoms with Crippen LogP contribution in [0.5, 0.6) is 11.5 Å². The van der Waals surface area contributed by atoms with Crippen molar-refractivity contribution in [1.82, 2.24) is 5.32 Å². The summed E-state index contributed by atoms with van der Waals surface area (Å²) in [5, 5.41) is 2.60. The minimum Gasteiger partial charge on any atom is -0.494 e. The Hall–Kier alpha value is -2.49. The van der Waals surface area contributed by atoms with Gasteiger partial charge in [0.15, 0.2) is 0 Å². The standard InChI is InChI=1S/C18H21NO3/c1-3-11-21-16-9-7-14(8-10-16)13-22-17-6-4-5-15(12-17)18(20)19-2/h4-10,12H,3,11,13H2,1-2H3,(H,19,20). The Morgan fingerprint density at radius 2 is 1.82 bits per heavy atom. The van der Waals surface area contributed by atoms with Crippen molar-refractivity contribution in [3.8, 4) is 11.5 Å². The first-order chi connectivity index (χ1) is 10.7. The summed E-state index contributed by atoms with van der Waals surface area (Å²) in [5.74, 6) is 1.42. The third-order valence-corrected chi connectivity index (χ3v) is 3.12. The monoisotopic (exact) mass is 299 g/mol.